The van der Waals surface area contributed by atoms with Crippen molar-refractivity contribution in [2.75, 3.05) is 0 Å². The van der Waals surface area contributed by atoms with Gasteiger partial charge in [-0.25, -0.2) is 0 Å². The molecule has 2 nitrogen and oxygen atoms in total. The maximum absolute atomic E-state index is 2.52. The van der Waals surface area contributed by atoms with Crippen LogP contribution in [0.5, 0.6) is 0 Å². The van der Waals surface area contributed by atoms with Crippen LogP contribution in [0.25, 0.3) is 76.9 Å². The van der Waals surface area contributed by atoms with Crippen molar-refractivity contribution in [1.29, 1.82) is 0 Å². The first-order chi connectivity index (χ1) is 22.1. The summed E-state index contributed by atoms with van der Waals surface area (Å²) in [6.45, 7) is 4.76. The third kappa shape index (κ3) is 3.24. The summed E-state index contributed by atoms with van der Waals surface area (Å²) in [7, 11) is 0. The Bertz CT molecular complexity index is 2670. The summed E-state index contributed by atoms with van der Waals surface area (Å²) in [5.74, 6) is 0. The summed E-state index contributed by atoms with van der Waals surface area (Å²) >= 11 is 0. The smallest absolute Gasteiger partial charge is 0.0547 e. The molecule has 0 atom stereocenters. The largest absolute Gasteiger partial charge is 0.309 e. The third-order valence-corrected chi connectivity index (χ3v) is 10.2. The molecule has 0 bridgehead atoms. The van der Waals surface area contributed by atoms with Gasteiger partial charge in [-0.3, -0.25) is 0 Å². The molecule has 0 unspecified atom stereocenters. The van der Waals surface area contributed by atoms with E-state index in [1.54, 1.807) is 0 Å². The molecule has 212 valence electrons. The van der Waals surface area contributed by atoms with Gasteiger partial charge >= 0.3 is 0 Å². The van der Waals surface area contributed by atoms with Crippen LogP contribution in [0.4, 0.5) is 0 Å². The van der Waals surface area contributed by atoms with Crippen LogP contribution >= 0.6 is 0 Å². The van der Waals surface area contributed by atoms with Crippen molar-refractivity contribution in [3.05, 3.63) is 157 Å². The number of nitrogens with zero attached hydrogens (tertiary/aromatic N) is 2. The monoisotopic (exact) mass is 574 g/mol. The minimum atomic E-state index is -0.109. The molecular weight excluding hydrogens is 544 g/mol. The average Bonchev–Trinajstić information content (AvgIpc) is 3.66. The highest BCUT2D eigenvalue weighted by Crippen LogP contribution is 2.52. The first kappa shape index (κ1) is 24.8. The molecular formula is C43H30N2. The highest BCUT2D eigenvalue weighted by Gasteiger charge is 2.38. The number of benzene rings is 7. The molecule has 45 heavy (non-hydrogen) atoms. The Balaban J connectivity index is 1.32. The zero-order valence-electron chi connectivity index (χ0n) is 25.3. The summed E-state index contributed by atoms with van der Waals surface area (Å²) in [6.07, 6.45) is 0. The van der Waals surface area contributed by atoms with E-state index in [1.807, 2.05) is 0 Å². The fourth-order valence-electron chi connectivity index (χ4n) is 8.30. The molecule has 2 heterocycles. The average molecular weight is 575 g/mol. The molecule has 2 aromatic heterocycles. The van der Waals surface area contributed by atoms with Crippen molar-refractivity contribution in [2.24, 2.45) is 0 Å². The Hall–Kier alpha value is -5.60. The van der Waals surface area contributed by atoms with E-state index in [0.29, 0.717) is 0 Å². The van der Waals surface area contributed by atoms with Crippen molar-refractivity contribution in [3.63, 3.8) is 0 Å². The van der Waals surface area contributed by atoms with E-state index in [1.165, 1.54) is 88.0 Å². The molecule has 10 rings (SSSR count). The normalized spacial score (nSPS) is 13.7. The summed E-state index contributed by atoms with van der Waals surface area (Å²) in [6, 6.07) is 53.8. The lowest BCUT2D eigenvalue weighted by Crippen LogP contribution is -2.17. The van der Waals surface area contributed by atoms with Gasteiger partial charge in [-0.1, -0.05) is 105 Å². The van der Waals surface area contributed by atoms with Gasteiger partial charge in [-0.2, -0.15) is 0 Å². The summed E-state index contributed by atoms with van der Waals surface area (Å²) in [5.41, 5.74) is 12.8. The second-order valence-corrected chi connectivity index (χ2v) is 13.0. The van der Waals surface area contributed by atoms with Crippen LogP contribution in [0.2, 0.25) is 0 Å². The summed E-state index contributed by atoms with van der Waals surface area (Å²) < 4.78 is 4.93. The maximum atomic E-state index is 2.52. The Kier molecular flexibility index (Phi) is 4.82. The fourth-order valence-corrected chi connectivity index (χ4v) is 8.30. The Labute approximate surface area is 261 Å². The highest BCUT2D eigenvalue weighted by molar-refractivity contribution is 6.18. The van der Waals surface area contributed by atoms with Crippen LogP contribution in [-0.4, -0.2) is 9.13 Å². The fraction of sp³-hybridized carbons (Fsp3) is 0.0698. The van der Waals surface area contributed by atoms with Gasteiger partial charge in [0.1, 0.15) is 0 Å². The number of fused-ring (bicyclic) bond motifs is 10. The van der Waals surface area contributed by atoms with E-state index < -0.39 is 0 Å². The van der Waals surface area contributed by atoms with Crippen molar-refractivity contribution in [2.45, 2.75) is 19.3 Å². The first-order valence-electron chi connectivity index (χ1n) is 15.8. The number of aromatic nitrogens is 2. The molecule has 0 N–H and O–H groups in total. The predicted molar refractivity (Wildman–Crippen MR) is 190 cm³/mol. The van der Waals surface area contributed by atoms with Crippen molar-refractivity contribution < 1.29 is 0 Å². The van der Waals surface area contributed by atoms with Crippen LogP contribution in [0, 0.1) is 0 Å². The minimum Gasteiger partial charge on any atom is -0.309 e. The number of para-hydroxylation sites is 3. The molecule has 9 aromatic rings. The molecule has 0 aliphatic heterocycles. The van der Waals surface area contributed by atoms with Crippen LogP contribution < -0.4 is 0 Å². The van der Waals surface area contributed by atoms with Gasteiger partial charge in [0.2, 0.25) is 0 Å². The zero-order valence-corrected chi connectivity index (χ0v) is 25.3. The number of rotatable bonds is 2. The highest BCUT2D eigenvalue weighted by atomic mass is 15.0. The molecule has 0 radical (unpaired) electrons. The van der Waals surface area contributed by atoms with Crippen LogP contribution in [-0.2, 0) is 5.41 Å². The standard InChI is InChI=1S/C43H30N2/c1-43(2)36-19-9-6-15-30(36)33-18-12-22-39(42(33)43)45-38-21-11-8-17-32(38)35-24-27-25-40-34(23-28(27)26-41(35)45)31-16-7-10-20-37(31)44(40)29-13-4-3-5-14-29/h3-26H,1-2H3. The lowest BCUT2D eigenvalue weighted by molar-refractivity contribution is 0.656. The van der Waals surface area contributed by atoms with Gasteiger partial charge in [0.25, 0.3) is 0 Å². The lowest BCUT2D eigenvalue weighted by Gasteiger charge is -2.25. The second kappa shape index (κ2) is 8.74. The first-order valence-corrected chi connectivity index (χ1v) is 15.8. The number of hydrogen-bond acceptors (Lipinski definition) is 0. The maximum Gasteiger partial charge on any atom is 0.0547 e. The second-order valence-electron chi connectivity index (χ2n) is 13.0. The third-order valence-electron chi connectivity index (χ3n) is 10.2. The lowest BCUT2D eigenvalue weighted by atomic mass is 9.81. The van der Waals surface area contributed by atoms with Crippen molar-refractivity contribution in [1.82, 2.24) is 9.13 Å². The summed E-state index contributed by atoms with van der Waals surface area (Å²) in [5, 5.41) is 7.63. The van der Waals surface area contributed by atoms with E-state index in [0.717, 1.165) is 0 Å². The Morgan fingerprint density at radius 2 is 0.978 bits per heavy atom. The SMILES string of the molecule is CC1(C)c2ccccc2-c2cccc(-n3c4ccccc4c4cc5cc6c(cc5cc43)c3ccccc3n6-c3ccccc3)c21. The van der Waals surface area contributed by atoms with E-state index in [4.69, 9.17) is 0 Å². The number of hydrogen-bond donors (Lipinski definition) is 0. The van der Waals surface area contributed by atoms with Gasteiger partial charge in [0, 0.05) is 32.6 Å². The van der Waals surface area contributed by atoms with Crippen LogP contribution in [0.15, 0.2) is 146 Å². The Morgan fingerprint density at radius 3 is 1.69 bits per heavy atom. The molecule has 0 amide bonds. The van der Waals surface area contributed by atoms with Gasteiger partial charge in [0.15, 0.2) is 0 Å². The van der Waals surface area contributed by atoms with Gasteiger partial charge in [-0.15, -0.1) is 0 Å². The molecule has 1 aliphatic rings. The van der Waals surface area contributed by atoms with Crippen molar-refractivity contribution in [3.8, 4) is 22.5 Å². The van der Waals surface area contributed by atoms with E-state index in [2.05, 4.69) is 169 Å². The molecule has 0 saturated heterocycles. The Morgan fingerprint density at radius 1 is 0.422 bits per heavy atom. The molecule has 1 aliphatic carbocycles. The molecule has 2 heteroatoms. The minimum absolute atomic E-state index is 0.109. The molecule has 0 saturated carbocycles. The topological polar surface area (TPSA) is 9.86 Å². The van der Waals surface area contributed by atoms with Gasteiger partial charge < -0.3 is 9.13 Å². The van der Waals surface area contributed by atoms with E-state index in [9.17, 15) is 0 Å². The van der Waals surface area contributed by atoms with Gasteiger partial charge in [-0.05, 0) is 87.6 Å². The summed E-state index contributed by atoms with van der Waals surface area (Å²) in [4.78, 5) is 0. The van der Waals surface area contributed by atoms with Crippen LogP contribution in [0.3, 0.4) is 0 Å². The quantitative estimate of drug-likeness (QED) is 0.194. The van der Waals surface area contributed by atoms with Gasteiger partial charge in [0.05, 0.1) is 27.8 Å². The molecule has 7 aromatic carbocycles. The van der Waals surface area contributed by atoms with E-state index >= 15 is 0 Å². The molecule has 0 spiro atoms. The molecule has 0 fully saturated rings. The van der Waals surface area contributed by atoms with Crippen LogP contribution in [0.1, 0.15) is 25.0 Å². The zero-order chi connectivity index (χ0) is 29.9. The predicted octanol–water partition coefficient (Wildman–Crippen LogP) is 11.3. The van der Waals surface area contributed by atoms with Crippen molar-refractivity contribution >= 4 is 54.4 Å². The van der Waals surface area contributed by atoms with E-state index in [-0.39, 0.29) is 5.41 Å².